The Labute approximate surface area is 271 Å². The Morgan fingerprint density at radius 1 is 0.739 bits per heavy atom. The summed E-state index contributed by atoms with van der Waals surface area (Å²) >= 11 is 0. The molecule has 0 radical (unpaired) electrons. The number of hydrogen-bond donors (Lipinski definition) is 0. The minimum Gasteiger partial charge on any atom is -0.492 e. The molecule has 0 unspecified atom stereocenters. The van der Waals surface area contributed by atoms with Gasteiger partial charge in [0.05, 0.1) is 12.2 Å². The van der Waals surface area contributed by atoms with E-state index >= 15 is 0 Å². The highest BCUT2D eigenvalue weighted by molar-refractivity contribution is 6.06. The second-order valence-electron chi connectivity index (χ2n) is 11.7. The number of esters is 1. The summed E-state index contributed by atoms with van der Waals surface area (Å²) in [6.45, 7) is 11.9. The van der Waals surface area contributed by atoms with Crippen molar-refractivity contribution in [3.63, 3.8) is 0 Å². The van der Waals surface area contributed by atoms with Crippen LogP contribution in [0.25, 0.3) is 22.0 Å². The number of ether oxygens (including phenoxy) is 3. The minimum absolute atomic E-state index is 0.294. The molecule has 1 aromatic heterocycles. The molecule has 238 valence electrons. The maximum Gasteiger partial charge on any atom is 0.340 e. The molecule has 0 atom stereocenters. The molecule has 6 rings (SSSR count). The monoisotopic (exact) mass is 617 g/mol. The van der Waals surface area contributed by atoms with Crippen molar-refractivity contribution in [1.29, 1.82) is 0 Å². The molecular formula is C39H43N3O4. The van der Waals surface area contributed by atoms with Crippen molar-refractivity contribution in [3.8, 4) is 22.6 Å². The van der Waals surface area contributed by atoms with Crippen LogP contribution in [0.15, 0.2) is 103 Å². The molecule has 1 saturated heterocycles. The van der Waals surface area contributed by atoms with Gasteiger partial charge in [-0.1, -0.05) is 78.9 Å². The highest BCUT2D eigenvalue weighted by Gasteiger charge is 2.22. The van der Waals surface area contributed by atoms with Gasteiger partial charge in [0.25, 0.3) is 0 Å². The zero-order chi connectivity index (χ0) is 31.7. The number of aromatic nitrogens is 1. The fourth-order valence-corrected chi connectivity index (χ4v) is 6.24. The van der Waals surface area contributed by atoms with E-state index in [1.165, 1.54) is 11.1 Å². The van der Waals surface area contributed by atoms with Gasteiger partial charge in [-0.15, -0.1) is 0 Å². The molecule has 0 spiro atoms. The van der Waals surface area contributed by atoms with Crippen LogP contribution in [0.5, 0.6) is 11.5 Å². The van der Waals surface area contributed by atoms with Crippen LogP contribution < -0.4 is 9.47 Å². The van der Waals surface area contributed by atoms with Gasteiger partial charge >= 0.3 is 5.97 Å². The maximum atomic E-state index is 13.0. The number of hydrogen-bond acceptors (Lipinski definition) is 6. The van der Waals surface area contributed by atoms with E-state index < -0.39 is 0 Å². The van der Waals surface area contributed by atoms with Gasteiger partial charge in [-0.05, 0) is 49.2 Å². The molecule has 46 heavy (non-hydrogen) atoms. The van der Waals surface area contributed by atoms with Crippen molar-refractivity contribution in [2.24, 2.45) is 0 Å². The molecule has 1 aliphatic rings. The van der Waals surface area contributed by atoms with Gasteiger partial charge in [-0.25, -0.2) is 4.79 Å². The molecule has 2 heterocycles. The molecule has 0 N–H and O–H groups in total. The average molecular weight is 618 g/mol. The molecule has 0 bridgehead atoms. The van der Waals surface area contributed by atoms with Crippen molar-refractivity contribution in [1.82, 2.24) is 14.4 Å². The molecule has 0 saturated carbocycles. The van der Waals surface area contributed by atoms with Gasteiger partial charge in [0, 0.05) is 68.0 Å². The van der Waals surface area contributed by atoms with Crippen LogP contribution >= 0.6 is 0 Å². The molecule has 1 fully saturated rings. The highest BCUT2D eigenvalue weighted by atomic mass is 16.5. The number of fused-ring (bicyclic) bond motifs is 1. The van der Waals surface area contributed by atoms with Crippen LogP contribution in [0.2, 0.25) is 0 Å². The van der Waals surface area contributed by atoms with Crippen molar-refractivity contribution in [2.75, 3.05) is 59.1 Å². The molecule has 1 aliphatic heterocycles. The Bertz CT molecular complexity index is 1730. The largest absolute Gasteiger partial charge is 0.492 e. The summed E-state index contributed by atoms with van der Waals surface area (Å²) in [5.74, 6) is 1.40. The summed E-state index contributed by atoms with van der Waals surface area (Å²) in [6.07, 6.45) is 0. The van der Waals surface area contributed by atoms with Crippen molar-refractivity contribution in [2.45, 2.75) is 20.4 Å². The zero-order valence-corrected chi connectivity index (χ0v) is 26.9. The number of nitrogens with zero attached hydrogens (tertiary/aromatic N) is 3. The van der Waals surface area contributed by atoms with Crippen molar-refractivity contribution < 1.29 is 19.0 Å². The second kappa shape index (κ2) is 15.1. The van der Waals surface area contributed by atoms with Gasteiger partial charge < -0.3 is 18.8 Å². The number of para-hydroxylation sites is 1. The second-order valence-corrected chi connectivity index (χ2v) is 11.7. The summed E-state index contributed by atoms with van der Waals surface area (Å²) in [5.41, 5.74) is 5.99. The van der Waals surface area contributed by atoms with Gasteiger partial charge in [-0.3, -0.25) is 9.80 Å². The Kier molecular flexibility index (Phi) is 10.3. The fourth-order valence-electron chi connectivity index (χ4n) is 6.24. The molecule has 0 amide bonds. The first kappa shape index (κ1) is 31.4. The third-order valence-corrected chi connectivity index (χ3v) is 8.74. The van der Waals surface area contributed by atoms with E-state index in [2.05, 4.69) is 75.0 Å². The zero-order valence-electron chi connectivity index (χ0n) is 26.9. The maximum absolute atomic E-state index is 13.0. The average Bonchev–Trinajstić information content (AvgIpc) is 3.36. The molecule has 7 heteroatoms. The molecule has 0 aliphatic carbocycles. The van der Waals surface area contributed by atoms with Gasteiger partial charge in [-0.2, -0.15) is 0 Å². The molecule has 4 aromatic carbocycles. The van der Waals surface area contributed by atoms with E-state index in [1.54, 1.807) is 0 Å². The molecular weight excluding hydrogens is 574 g/mol. The summed E-state index contributed by atoms with van der Waals surface area (Å²) in [6, 6.07) is 35.0. The van der Waals surface area contributed by atoms with Crippen LogP contribution in [0, 0.1) is 6.92 Å². The quantitative estimate of drug-likeness (QED) is 0.134. The predicted octanol–water partition coefficient (Wildman–Crippen LogP) is 6.92. The molecule has 7 nitrogen and oxygen atoms in total. The van der Waals surface area contributed by atoms with E-state index in [4.69, 9.17) is 14.2 Å². The van der Waals surface area contributed by atoms with Crippen LogP contribution in [-0.2, 0) is 11.3 Å². The predicted molar refractivity (Wildman–Crippen MR) is 184 cm³/mol. The molecule has 5 aromatic rings. The lowest BCUT2D eigenvalue weighted by atomic mass is 10.1. The van der Waals surface area contributed by atoms with E-state index in [0.717, 1.165) is 72.9 Å². The number of carbonyl (C=O) groups is 1. The number of rotatable bonds is 13. The third-order valence-electron chi connectivity index (χ3n) is 8.74. The lowest BCUT2D eigenvalue weighted by molar-refractivity contribution is 0.0527. The first-order valence-corrected chi connectivity index (χ1v) is 16.3. The summed E-state index contributed by atoms with van der Waals surface area (Å²) in [7, 11) is 0. The standard InChI is InChI=1S/C39H43N3O4/c1-3-44-39(43)38-30(2)42(29-31-12-6-4-7-13-31)36-19-18-33(28-35(36)38)45-26-24-40-20-22-41(23-21-40)25-27-46-37-17-11-10-16-34(37)32-14-8-5-9-15-32/h4-19,28H,3,20-27,29H2,1-2H3. The first-order chi connectivity index (χ1) is 22.6. The van der Waals surface area contributed by atoms with Gasteiger partial charge in [0.1, 0.15) is 24.7 Å². The van der Waals surface area contributed by atoms with E-state index in [-0.39, 0.29) is 5.97 Å². The first-order valence-electron chi connectivity index (χ1n) is 16.3. The van der Waals surface area contributed by atoms with Crippen LogP contribution in [-0.4, -0.2) is 79.4 Å². The Morgan fingerprint density at radius 2 is 1.37 bits per heavy atom. The number of benzene rings is 4. The minimum atomic E-state index is -0.294. The van der Waals surface area contributed by atoms with Crippen LogP contribution in [0.3, 0.4) is 0 Å². The summed E-state index contributed by atoms with van der Waals surface area (Å²) in [4.78, 5) is 17.9. The van der Waals surface area contributed by atoms with Crippen molar-refractivity contribution in [3.05, 3.63) is 120 Å². The van der Waals surface area contributed by atoms with Crippen LogP contribution in [0.1, 0.15) is 28.5 Å². The SMILES string of the molecule is CCOC(=O)c1c(C)n(Cc2ccccc2)c2ccc(OCCN3CCN(CCOc4ccccc4-c4ccccc4)CC3)cc12. The van der Waals surface area contributed by atoms with E-state index in [1.807, 2.05) is 56.3 Å². The summed E-state index contributed by atoms with van der Waals surface area (Å²) < 4.78 is 20.1. The van der Waals surface area contributed by atoms with Crippen LogP contribution in [0.4, 0.5) is 0 Å². The number of carbonyl (C=O) groups excluding carboxylic acids is 1. The fraction of sp³-hybridized carbons (Fsp3) is 0.308. The Hall–Kier alpha value is -4.59. The van der Waals surface area contributed by atoms with E-state index in [9.17, 15) is 4.79 Å². The highest BCUT2D eigenvalue weighted by Crippen LogP contribution is 2.31. The normalized spacial score (nSPS) is 14.0. The Balaban J connectivity index is 1.01. The topological polar surface area (TPSA) is 56.2 Å². The summed E-state index contributed by atoms with van der Waals surface area (Å²) in [5, 5.41) is 0.867. The third kappa shape index (κ3) is 7.44. The lowest BCUT2D eigenvalue weighted by Gasteiger charge is -2.34. The lowest BCUT2D eigenvalue weighted by Crippen LogP contribution is -2.48. The smallest absolute Gasteiger partial charge is 0.340 e. The van der Waals surface area contributed by atoms with Crippen molar-refractivity contribution >= 4 is 16.9 Å². The van der Waals surface area contributed by atoms with E-state index in [0.29, 0.717) is 31.9 Å². The van der Waals surface area contributed by atoms with Gasteiger partial charge in [0.15, 0.2) is 0 Å². The number of piperazine rings is 1. The Morgan fingerprint density at radius 3 is 2.07 bits per heavy atom. The van der Waals surface area contributed by atoms with Gasteiger partial charge in [0.2, 0.25) is 0 Å².